The molecular formula is C14H18ClNO2. The number of nitrogens with zero attached hydrogens (tertiary/aromatic N) is 1. The van der Waals surface area contributed by atoms with Gasteiger partial charge in [-0.25, -0.2) is 0 Å². The van der Waals surface area contributed by atoms with Crippen molar-refractivity contribution in [3.8, 4) is 0 Å². The molecule has 1 saturated heterocycles. The van der Waals surface area contributed by atoms with Crippen molar-refractivity contribution in [2.75, 3.05) is 13.1 Å². The van der Waals surface area contributed by atoms with E-state index in [4.69, 9.17) is 11.6 Å². The maximum atomic E-state index is 12.1. The third-order valence-electron chi connectivity index (χ3n) is 3.46. The second-order valence-electron chi connectivity index (χ2n) is 4.98. The van der Waals surface area contributed by atoms with Gasteiger partial charge in [0.15, 0.2) is 0 Å². The maximum Gasteiger partial charge on any atom is 0.227 e. The van der Waals surface area contributed by atoms with Crippen molar-refractivity contribution in [3.05, 3.63) is 34.9 Å². The van der Waals surface area contributed by atoms with E-state index >= 15 is 0 Å². The number of piperidine rings is 1. The molecule has 2 atom stereocenters. The average molecular weight is 268 g/mol. The lowest BCUT2D eigenvalue weighted by Crippen LogP contribution is -2.45. The highest BCUT2D eigenvalue weighted by Gasteiger charge is 2.26. The number of benzene rings is 1. The Kier molecular flexibility index (Phi) is 4.25. The van der Waals surface area contributed by atoms with Crippen molar-refractivity contribution in [2.45, 2.75) is 25.9 Å². The zero-order valence-electron chi connectivity index (χ0n) is 10.5. The van der Waals surface area contributed by atoms with Crippen LogP contribution in [0.4, 0.5) is 0 Å². The summed E-state index contributed by atoms with van der Waals surface area (Å²) in [5.74, 6) is 0.262. The van der Waals surface area contributed by atoms with Gasteiger partial charge in [0.2, 0.25) is 5.91 Å². The molecule has 98 valence electrons. The highest BCUT2D eigenvalue weighted by molar-refractivity contribution is 6.30. The van der Waals surface area contributed by atoms with Gasteiger partial charge in [0.1, 0.15) is 0 Å². The molecule has 18 heavy (non-hydrogen) atoms. The van der Waals surface area contributed by atoms with Gasteiger partial charge in [-0.3, -0.25) is 4.79 Å². The van der Waals surface area contributed by atoms with Crippen LogP contribution in [0, 0.1) is 5.92 Å². The number of amides is 1. The lowest BCUT2D eigenvalue weighted by atomic mass is 9.96. The molecule has 1 aromatic carbocycles. The minimum atomic E-state index is -0.278. The van der Waals surface area contributed by atoms with Crippen molar-refractivity contribution in [3.63, 3.8) is 0 Å². The van der Waals surface area contributed by atoms with Crippen LogP contribution >= 0.6 is 11.6 Å². The summed E-state index contributed by atoms with van der Waals surface area (Å²) in [4.78, 5) is 14.0. The molecule has 0 aliphatic carbocycles. The molecule has 1 aliphatic rings. The Morgan fingerprint density at radius 3 is 3.00 bits per heavy atom. The number of hydrogen-bond donors (Lipinski definition) is 1. The Hall–Kier alpha value is -1.06. The molecule has 1 fully saturated rings. The molecule has 0 spiro atoms. The highest BCUT2D eigenvalue weighted by Crippen LogP contribution is 2.18. The summed E-state index contributed by atoms with van der Waals surface area (Å²) in [6, 6.07) is 7.38. The van der Waals surface area contributed by atoms with Gasteiger partial charge in [0, 0.05) is 18.1 Å². The van der Waals surface area contributed by atoms with E-state index in [0.717, 1.165) is 5.56 Å². The third-order valence-corrected chi connectivity index (χ3v) is 3.69. The van der Waals surface area contributed by atoms with Crippen LogP contribution in [0.15, 0.2) is 24.3 Å². The van der Waals surface area contributed by atoms with E-state index in [1.54, 1.807) is 6.07 Å². The normalized spacial score (nSPS) is 24.1. The standard InChI is InChI=1S/C14H18ClNO2/c1-10-9-16(6-5-13(10)17)14(18)8-11-3-2-4-12(15)7-11/h2-4,7,10,13,17H,5-6,8-9H2,1H3. The van der Waals surface area contributed by atoms with E-state index in [2.05, 4.69) is 0 Å². The lowest BCUT2D eigenvalue weighted by molar-refractivity contribution is -0.133. The summed E-state index contributed by atoms with van der Waals surface area (Å²) in [6.07, 6.45) is 0.770. The third kappa shape index (κ3) is 3.24. The van der Waals surface area contributed by atoms with E-state index in [9.17, 15) is 9.90 Å². The number of halogens is 1. The van der Waals surface area contributed by atoms with Gasteiger partial charge in [0.05, 0.1) is 12.5 Å². The van der Waals surface area contributed by atoms with Crippen LogP contribution in [0.5, 0.6) is 0 Å². The first-order valence-corrected chi connectivity index (χ1v) is 6.64. The molecule has 3 nitrogen and oxygen atoms in total. The molecule has 4 heteroatoms. The molecule has 1 amide bonds. The number of hydrogen-bond acceptors (Lipinski definition) is 2. The monoisotopic (exact) mass is 267 g/mol. The van der Waals surface area contributed by atoms with Crippen LogP contribution in [0.3, 0.4) is 0 Å². The van der Waals surface area contributed by atoms with Crippen molar-refractivity contribution >= 4 is 17.5 Å². The van der Waals surface area contributed by atoms with Gasteiger partial charge in [0.25, 0.3) is 0 Å². The highest BCUT2D eigenvalue weighted by atomic mass is 35.5. The molecule has 0 saturated carbocycles. The van der Waals surface area contributed by atoms with Crippen molar-refractivity contribution in [1.29, 1.82) is 0 Å². The summed E-state index contributed by atoms with van der Waals surface area (Å²) in [5.41, 5.74) is 0.936. The summed E-state index contributed by atoms with van der Waals surface area (Å²) >= 11 is 5.90. The molecule has 1 aromatic rings. The zero-order chi connectivity index (χ0) is 13.1. The minimum Gasteiger partial charge on any atom is -0.393 e. The number of aliphatic hydroxyl groups is 1. The Balaban J connectivity index is 1.96. The average Bonchev–Trinajstić information content (AvgIpc) is 2.32. The summed E-state index contributed by atoms with van der Waals surface area (Å²) in [5, 5.41) is 10.3. The number of aliphatic hydroxyl groups excluding tert-OH is 1. The zero-order valence-corrected chi connectivity index (χ0v) is 11.2. The van der Waals surface area contributed by atoms with Gasteiger partial charge in [-0.15, -0.1) is 0 Å². The van der Waals surface area contributed by atoms with Crippen molar-refractivity contribution < 1.29 is 9.90 Å². The largest absolute Gasteiger partial charge is 0.393 e. The minimum absolute atomic E-state index is 0.107. The van der Waals surface area contributed by atoms with Gasteiger partial charge >= 0.3 is 0 Å². The molecule has 0 radical (unpaired) electrons. The molecule has 1 heterocycles. The molecule has 1 N–H and O–H groups in total. The Labute approximate surface area is 112 Å². The first-order chi connectivity index (χ1) is 8.56. The maximum absolute atomic E-state index is 12.1. The van der Waals surface area contributed by atoms with Crippen molar-refractivity contribution in [1.82, 2.24) is 4.90 Å². The predicted octanol–water partition coefficient (Wildman–Crippen LogP) is 2.11. The fraction of sp³-hybridized carbons (Fsp3) is 0.500. The lowest BCUT2D eigenvalue weighted by Gasteiger charge is -2.34. The molecule has 2 unspecified atom stereocenters. The van der Waals surface area contributed by atoms with E-state index < -0.39 is 0 Å². The van der Waals surface area contributed by atoms with Crippen LogP contribution in [-0.2, 0) is 11.2 Å². The summed E-state index contributed by atoms with van der Waals surface area (Å²) < 4.78 is 0. The predicted molar refractivity (Wildman–Crippen MR) is 71.5 cm³/mol. The van der Waals surface area contributed by atoms with Crippen LogP contribution in [0.1, 0.15) is 18.9 Å². The number of rotatable bonds is 2. The number of carbonyl (C=O) groups excluding carboxylic acids is 1. The molecule has 0 bridgehead atoms. The molecule has 1 aliphatic heterocycles. The first-order valence-electron chi connectivity index (χ1n) is 6.26. The topological polar surface area (TPSA) is 40.5 Å². The van der Waals surface area contributed by atoms with E-state index in [-0.39, 0.29) is 17.9 Å². The van der Waals surface area contributed by atoms with Gasteiger partial charge in [-0.2, -0.15) is 0 Å². The Morgan fingerprint density at radius 1 is 1.56 bits per heavy atom. The quantitative estimate of drug-likeness (QED) is 0.892. The second kappa shape index (κ2) is 5.72. The smallest absolute Gasteiger partial charge is 0.227 e. The van der Waals surface area contributed by atoms with Gasteiger partial charge < -0.3 is 10.0 Å². The van der Waals surface area contributed by atoms with Gasteiger partial charge in [-0.05, 0) is 30.0 Å². The van der Waals surface area contributed by atoms with Crippen LogP contribution in [0.2, 0.25) is 5.02 Å². The Bertz CT molecular complexity index is 436. The van der Waals surface area contributed by atoms with Crippen LogP contribution in [0.25, 0.3) is 0 Å². The van der Waals surface area contributed by atoms with Crippen LogP contribution in [-0.4, -0.2) is 35.1 Å². The van der Waals surface area contributed by atoms with Gasteiger partial charge in [-0.1, -0.05) is 30.7 Å². The first kappa shape index (κ1) is 13.4. The Morgan fingerprint density at radius 2 is 2.33 bits per heavy atom. The number of likely N-dealkylation sites (tertiary alicyclic amines) is 1. The SMILES string of the molecule is CC1CN(C(=O)Cc2cccc(Cl)c2)CCC1O. The van der Waals surface area contributed by atoms with Crippen LogP contribution < -0.4 is 0 Å². The fourth-order valence-electron chi connectivity index (χ4n) is 2.29. The van der Waals surface area contributed by atoms with E-state index in [1.807, 2.05) is 30.0 Å². The summed E-state index contributed by atoms with van der Waals surface area (Å²) in [7, 11) is 0. The molecule has 0 aromatic heterocycles. The molecular weight excluding hydrogens is 250 g/mol. The van der Waals surface area contributed by atoms with E-state index in [0.29, 0.717) is 31.0 Å². The summed E-state index contributed by atoms with van der Waals surface area (Å²) in [6.45, 7) is 3.26. The fourth-order valence-corrected chi connectivity index (χ4v) is 2.51. The van der Waals surface area contributed by atoms with Crippen molar-refractivity contribution in [2.24, 2.45) is 5.92 Å². The number of carbonyl (C=O) groups is 1. The van der Waals surface area contributed by atoms with E-state index in [1.165, 1.54) is 0 Å². The molecule has 2 rings (SSSR count). The second-order valence-corrected chi connectivity index (χ2v) is 5.42.